The number of aldehydes is 2. The first-order chi connectivity index (χ1) is 31.0. The van der Waals surface area contributed by atoms with Crippen LogP contribution in [0.25, 0.3) is 0 Å². The number of amides is 5. The number of aromatic nitrogens is 8. The van der Waals surface area contributed by atoms with E-state index in [2.05, 4.69) is 52.2 Å². The quantitative estimate of drug-likeness (QED) is 0.0327. The van der Waals surface area contributed by atoms with Crippen LogP contribution in [0.3, 0.4) is 0 Å². The summed E-state index contributed by atoms with van der Waals surface area (Å²) in [5.74, 6) is -0.611. The normalized spacial score (nSPS) is 9.75. The highest BCUT2D eigenvalue weighted by atomic mass is 31.0. The van der Waals surface area contributed by atoms with Crippen molar-refractivity contribution in [3.8, 4) is 0 Å². The van der Waals surface area contributed by atoms with Gasteiger partial charge in [-0.2, -0.15) is 0 Å². The molecule has 1 atom stereocenters. The van der Waals surface area contributed by atoms with Gasteiger partial charge < -0.3 is 74.8 Å². The first-order valence-corrected chi connectivity index (χ1v) is 19.9. The number of carboxylic acids is 1. The lowest BCUT2D eigenvalue weighted by molar-refractivity contribution is -0.136. The molecule has 0 aliphatic heterocycles. The van der Waals surface area contributed by atoms with Crippen LogP contribution in [0.5, 0.6) is 0 Å². The third-order valence-electron chi connectivity index (χ3n) is 8.37. The van der Waals surface area contributed by atoms with Gasteiger partial charge >= 0.3 is 5.97 Å². The van der Waals surface area contributed by atoms with Crippen molar-refractivity contribution in [2.24, 2.45) is 35.2 Å². The predicted octanol–water partition coefficient (Wildman–Crippen LogP) is 0.447. The van der Waals surface area contributed by atoms with Crippen molar-refractivity contribution in [1.82, 2.24) is 53.7 Å². The smallest absolute Gasteiger partial charge is 0.304 e. The highest BCUT2D eigenvalue weighted by Crippen LogP contribution is 2.16. The zero-order valence-corrected chi connectivity index (χ0v) is 38.6. The van der Waals surface area contributed by atoms with Gasteiger partial charge in [0.1, 0.15) is 17.8 Å². The number of carboxylic acid groups (broad SMARTS) is 1. The fourth-order valence-corrected chi connectivity index (χ4v) is 5.03. The molecule has 5 aromatic heterocycles. The van der Waals surface area contributed by atoms with Gasteiger partial charge in [0.15, 0.2) is 23.8 Å². The van der Waals surface area contributed by atoms with Crippen LogP contribution in [0, 0.1) is 6.92 Å². The van der Waals surface area contributed by atoms with Gasteiger partial charge in [-0.05, 0) is 35.6 Å². The van der Waals surface area contributed by atoms with Crippen LogP contribution in [0.2, 0.25) is 0 Å². The highest BCUT2D eigenvalue weighted by Gasteiger charge is 2.18. The third kappa shape index (κ3) is 19.6. The lowest BCUT2D eigenvalue weighted by Gasteiger charge is -2.06. The molecule has 0 aliphatic rings. The molecule has 26 heteroatoms. The Labute approximate surface area is 377 Å². The third-order valence-corrected chi connectivity index (χ3v) is 8.37. The summed E-state index contributed by atoms with van der Waals surface area (Å²) < 4.78 is 8.22. The number of nitrogens with one attached hydrogen (secondary N) is 7. The molecule has 0 bridgehead atoms. The molecule has 0 aliphatic carbocycles. The summed E-state index contributed by atoms with van der Waals surface area (Å²) in [5, 5.41) is 26.7. The van der Waals surface area contributed by atoms with Crippen molar-refractivity contribution in [3.63, 3.8) is 0 Å². The van der Waals surface area contributed by atoms with Crippen LogP contribution in [0.1, 0.15) is 67.3 Å². The molecule has 0 spiro atoms. The maximum Gasteiger partial charge on any atom is 0.304 e. The van der Waals surface area contributed by atoms with E-state index in [9.17, 15) is 38.4 Å². The topological polar surface area (TPSA) is 325 Å². The summed E-state index contributed by atoms with van der Waals surface area (Å²) in [4.78, 5) is 108. The summed E-state index contributed by atoms with van der Waals surface area (Å²) in [6.45, 7) is 2.99. The second-order valence-corrected chi connectivity index (χ2v) is 13.3. The van der Waals surface area contributed by atoms with Gasteiger partial charge in [0, 0.05) is 118 Å². The maximum atomic E-state index is 12.6. The fourth-order valence-electron chi connectivity index (χ4n) is 5.03. The first-order valence-electron chi connectivity index (χ1n) is 19.4. The molecule has 5 heterocycles. The van der Waals surface area contributed by atoms with Crippen LogP contribution >= 0.6 is 9.47 Å². The van der Waals surface area contributed by atoms with Gasteiger partial charge in [0.25, 0.3) is 17.7 Å². The Hall–Kier alpha value is -7.50. The van der Waals surface area contributed by atoms with Crippen LogP contribution in [-0.2, 0) is 54.4 Å². The van der Waals surface area contributed by atoms with Crippen molar-refractivity contribution in [2.75, 3.05) is 55.0 Å². The summed E-state index contributed by atoms with van der Waals surface area (Å²) in [5.41, 5.74) is 2.38. The van der Waals surface area contributed by atoms with Crippen LogP contribution in [-0.4, -0.2) is 130 Å². The van der Waals surface area contributed by atoms with Crippen molar-refractivity contribution in [1.29, 1.82) is 0 Å². The first kappa shape index (κ1) is 55.5. The Bertz CT molecular complexity index is 2300. The van der Waals surface area contributed by atoms with Crippen molar-refractivity contribution < 1.29 is 48.4 Å². The number of aryl methyl sites for hydroxylation is 6. The van der Waals surface area contributed by atoms with Gasteiger partial charge in [0.2, 0.25) is 18.1 Å². The standard InChI is InChI=1S/C25H30N10O4.C6H9N3O.C4H9NO2.C4H7NO2.H3OP/c1-15-10-16(12-33(15)3)28-25(39)22-31-19(14-35(22)5)30-20(36)6-7-27-23(37)18-11-17(13-34(18)4)29-24(38)21-26-8-9-32(21)2;1-7-5-3-9(2)6(4-10)8-5;1-5-3-2-4(6)7;6-3-1-2-5-4-7;1-2/h8-14H,6-7H2,1-5H3,(H,27,37)(H,28,39)(H,29,38)(H,30,36);3-4,7H,1-2H3;5H,2-3H2,1H3,(H,6,7);3-4H,1-2H2,(H,5,7);1H,2H2. The van der Waals surface area contributed by atoms with Gasteiger partial charge in [-0.15, -0.1) is 0 Å². The zero-order chi connectivity index (χ0) is 49.1. The minimum absolute atomic E-state index is 0.0136. The van der Waals surface area contributed by atoms with Gasteiger partial charge in [-0.1, -0.05) is 0 Å². The predicted molar refractivity (Wildman–Crippen MR) is 244 cm³/mol. The largest absolute Gasteiger partial charge is 0.481 e. The van der Waals surface area contributed by atoms with E-state index in [1.165, 1.54) is 32.5 Å². The van der Waals surface area contributed by atoms with Crippen LogP contribution in [0.15, 0.2) is 49.3 Å². The minimum Gasteiger partial charge on any atom is -0.481 e. The van der Waals surface area contributed by atoms with E-state index in [-0.39, 0.29) is 42.8 Å². The van der Waals surface area contributed by atoms with E-state index in [4.69, 9.17) is 10.00 Å². The zero-order valence-electron chi connectivity index (χ0n) is 37.4. The van der Waals surface area contributed by atoms with Crippen molar-refractivity contribution in [3.05, 3.63) is 78.2 Å². The molecule has 1 unspecified atom stereocenters. The minimum atomic E-state index is -0.755. The number of nitrogens with zero attached hydrogens (tertiary/aromatic N) is 8. The van der Waals surface area contributed by atoms with Crippen LogP contribution in [0.4, 0.5) is 23.0 Å². The summed E-state index contributed by atoms with van der Waals surface area (Å²) in [6, 6.07) is 3.37. The summed E-state index contributed by atoms with van der Waals surface area (Å²) in [7, 11) is 13.6. The van der Waals surface area contributed by atoms with Crippen LogP contribution < -0.4 is 37.2 Å². The second-order valence-electron chi connectivity index (χ2n) is 13.3. The molecule has 5 amide bonds. The van der Waals surface area contributed by atoms with Gasteiger partial charge in [-0.3, -0.25) is 33.6 Å². The molecule has 0 radical (unpaired) electrons. The van der Waals surface area contributed by atoms with E-state index in [1.54, 1.807) is 80.8 Å². The molecule has 25 nitrogen and oxygen atoms in total. The number of imidazole rings is 3. The average Bonchev–Trinajstić information content (AvgIpc) is 4.11. The number of hydrogen-bond donors (Lipinski definition) is 9. The Balaban J connectivity index is 0.000000656. The lowest BCUT2D eigenvalue weighted by Crippen LogP contribution is -2.29. The molecular weight excluding hydrogens is 869 g/mol. The summed E-state index contributed by atoms with van der Waals surface area (Å²) in [6.07, 6.45) is 12.5. The molecule has 354 valence electrons. The Morgan fingerprint density at radius 3 is 1.83 bits per heavy atom. The lowest BCUT2D eigenvalue weighted by atomic mass is 10.3. The van der Waals surface area contributed by atoms with E-state index in [0.717, 1.165) is 18.3 Å². The van der Waals surface area contributed by atoms with E-state index >= 15 is 0 Å². The van der Waals surface area contributed by atoms with E-state index < -0.39 is 23.7 Å². The highest BCUT2D eigenvalue weighted by molar-refractivity contribution is 7.08. The SMILES string of the molecule is CNCCC(=O)O.CNc1cn(C)c(C=O)n1.Cc1cc(NC(=O)c2nc(NC(=O)CCNC(=O)c3cc(NC(=O)c4nccn4C)cn3C)cn2C)cn1C.O=CCCNC=O.OP. The van der Waals surface area contributed by atoms with E-state index in [0.29, 0.717) is 54.6 Å². The molecule has 5 rings (SSSR count). The van der Waals surface area contributed by atoms with Crippen molar-refractivity contribution >= 4 is 81.1 Å². The van der Waals surface area contributed by atoms with Gasteiger partial charge in [0.05, 0.1) is 17.8 Å². The van der Waals surface area contributed by atoms with E-state index in [1.807, 2.05) is 24.6 Å². The van der Waals surface area contributed by atoms with Gasteiger partial charge in [-0.25, -0.2) is 15.0 Å². The number of anilines is 4. The number of rotatable bonds is 18. The Morgan fingerprint density at radius 2 is 1.34 bits per heavy atom. The molecule has 0 saturated carbocycles. The molecule has 0 aromatic carbocycles. The number of hydrogen-bond acceptors (Lipinski definition) is 14. The molecule has 0 fully saturated rings. The summed E-state index contributed by atoms with van der Waals surface area (Å²) >= 11 is 0. The number of carbonyl (C=O) groups is 8. The number of aliphatic carboxylic acids is 1. The molecule has 65 heavy (non-hydrogen) atoms. The Kier molecular flexibility index (Phi) is 25.4. The number of carbonyl (C=O) groups excluding carboxylic acids is 7. The second kappa shape index (κ2) is 29.7. The fraction of sp³-hybridized carbons (Fsp3) is 0.359. The maximum absolute atomic E-state index is 12.6. The van der Waals surface area contributed by atoms with Crippen molar-refractivity contribution in [2.45, 2.75) is 26.2 Å². The molecule has 5 aromatic rings. The molecule has 0 saturated heterocycles. The average molecular weight is 928 g/mol. The molecule has 9 N–H and O–H groups in total. The Morgan fingerprint density at radius 1 is 0.708 bits per heavy atom. The molecular formula is C39H58N15O10P. The monoisotopic (exact) mass is 927 g/mol.